The van der Waals surface area contributed by atoms with Gasteiger partial charge in [0.25, 0.3) is 0 Å². The Morgan fingerprint density at radius 1 is 1.20 bits per heavy atom. The Labute approximate surface area is 152 Å². The number of hydrogen-bond donors (Lipinski definition) is 1. The van der Waals surface area contributed by atoms with Gasteiger partial charge >= 0.3 is 0 Å². The molecule has 3 nitrogen and oxygen atoms in total. The molecule has 2 aromatic rings. The molecule has 1 heterocycles. The van der Waals surface area contributed by atoms with Gasteiger partial charge in [-0.3, -0.25) is 4.79 Å². The van der Waals surface area contributed by atoms with E-state index in [0.717, 1.165) is 37.4 Å². The lowest BCUT2D eigenvalue weighted by Crippen LogP contribution is -2.22. The molecule has 1 saturated heterocycles. The zero-order chi connectivity index (χ0) is 17.6. The average Bonchev–Trinajstić information content (AvgIpc) is 3.11. The zero-order valence-corrected chi connectivity index (χ0v) is 15.2. The highest BCUT2D eigenvalue weighted by molar-refractivity contribution is 7.99. The largest absolute Gasteiger partial charge is 0.370 e. The van der Waals surface area contributed by atoms with Crippen LogP contribution in [0.1, 0.15) is 24.0 Å². The molecule has 0 atom stereocenters. The fourth-order valence-electron chi connectivity index (χ4n) is 3.10. The molecule has 1 N–H and O–H groups in total. The van der Waals surface area contributed by atoms with E-state index in [1.165, 1.54) is 29.0 Å². The summed E-state index contributed by atoms with van der Waals surface area (Å²) in [5, 5.41) is 2.78. The van der Waals surface area contributed by atoms with Crippen molar-refractivity contribution in [3.05, 3.63) is 59.4 Å². The molecule has 0 bridgehead atoms. The standard InChI is InChI=1S/C20H23FN2OS/c1-15-6-4-7-16(12-15)13-25-14-19(24)22-20-17(21)8-5-9-18(20)23-10-2-3-11-23/h4-9,12H,2-3,10-11,13-14H2,1H3,(H,22,24). The summed E-state index contributed by atoms with van der Waals surface area (Å²) in [5.41, 5.74) is 3.51. The summed E-state index contributed by atoms with van der Waals surface area (Å²) in [4.78, 5) is 14.4. The molecule has 0 unspecified atom stereocenters. The van der Waals surface area contributed by atoms with Crippen LogP contribution >= 0.6 is 11.8 Å². The summed E-state index contributed by atoms with van der Waals surface area (Å²) in [7, 11) is 0. The summed E-state index contributed by atoms with van der Waals surface area (Å²) in [6.45, 7) is 3.88. The van der Waals surface area contributed by atoms with Crippen LogP contribution < -0.4 is 10.2 Å². The SMILES string of the molecule is Cc1cccc(CSCC(=O)Nc2c(F)cccc2N2CCCC2)c1. The van der Waals surface area contributed by atoms with Crippen LogP contribution in [-0.2, 0) is 10.5 Å². The average molecular weight is 358 g/mol. The Morgan fingerprint density at radius 2 is 1.96 bits per heavy atom. The monoisotopic (exact) mass is 358 g/mol. The molecular weight excluding hydrogens is 335 g/mol. The van der Waals surface area contributed by atoms with Gasteiger partial charge < -0.3 is 10.2 Å². The number of benzene rings is 2. The number of hydrogen-bond acceptors (Lipinski definition) is 3. The first kappa shape index (κ1) is 17.8. The fourth-order valence-corrected chi connectivity index (χ4v) is 3.87. The topological polar surface area (TPSA) is 32.3 Å². The molecule has 5 heteroatoms. The molecule has 0 spiro atoms. The first-order valence-electron chi connectivity index (χ1n) is 8.60. The molecule has 0 radical (unpaired) electrons. The number of para-hydroxylation sites is 1. The number of halogens is 1. The highest BCUT2D eigenvalue weighted by atomic mass is 32.2. The Kier molecular flexibility index (Phi) is 5.97. The third kappa shape index (κ3) is 4.75. The van der Waals surface area contributed by atoms with Gasteiger partial charge in [0, 0.05) is 18.8 Å². The number of carbonyl (C=O) groups excluding carboxylic acids is 1. The second-order valence-electron chi connectivity index (χ2n) is 6.36. The molecule has 25 heavy (non-hydrogen) atoms. The maximum Gasteiger partial charge on any atom is 0.234 e. The molecule has 1 amide bonds. The van der Waals surface area contributed by atoms with E-state index < -0.39 is 0 Å². The minimum atomic E-state index is -0.374. The second-order valence-corrected chi connectivity index (χ2v) is 7.34. The van der Waals surface area contributed by atoms with Gasteiger partial charge in [0.05, 0.1) is 11.4 Å². The quantitative estimate of drug-likeness (QED) is 0.819. The molecule has 0 saturated carbocycles. The van der Waals surface area contributed by atoms with E-state index in [2.05, 4.69) is 35.3 Å². The smallest absolute Gasteiger partial charge is 0.234 e. The van der Waals surface area contributed by atoms with Gasteiger partial charge in [-0.15, -0.1) is 11.8 Å². The number of nitrogens with zero attached hydrogens (tertiary/aromatic N) is 1. The molecule has 2 aromatic carbocycles. The number of amides is 1. The van der Waals surface area contributed by atoms with Crippen molar-refractivity contribution in [3.63, 3.8) is 0 Å². The highest BCUT2D eigenvalue weighted by Gasteiger charge is 2.19. The van der Waals surface area contributed by atoms with Gasteiger partial charge in [-0.1, -0.05) is 35.9 Å². The third-order valence-electron chi connectivity index (χ3n) is 4.29. The van der Waals surface area contributed by atoms with Gasteiger partial charge in [-0.25, -0.2) is 4.39 Å². The number of thioether (sulfide) groups is 1. The van der Waals surface area contributed by atoms with Gasteiger partial charge in [0.2, 0.25) is 5.91 Å². The number of carbonyl (C=O) groups is 1. The lowest BCUT2D eigenvalue weighted by Gasteiger charge is -2.22. The maximum atomic E-state index is 14.2. The van der Waals surface area contributed by atoms with E-state index in [1.807, 2.05) is 12.1 Å². The third-order valence-corrected chi connectivity index (χ3v) is 5.29. The van der Waals surface area contributed by atoms with Crippen molar-refractivity contribution >= 4 is 29.0 Å². The molecular formula is C20H23FN2OS. The van der Waals surface area contributed by atoms with Crippen molar-refractivity contribution in [3.8, 4) is 0 Å². The second kappa shape index (κ2) is 8.39. The van der Waals surface area contributed by atoms with Crippen molar-refractivity contribution in [2.75, 3.05) is 29.1 Å². The number of aryl methyl sites for hydroxylation is 1. The molecule has 1 aliphatic heterocycles. The molecule has 1 aliphatic rings. The number of nitrogens with one attached hydrogen (secondary N) is 1. The lowest BCUT2D eigenvalue weighted by atomic mass is 10.2. The number of rotatable bonds is 6. The van der Waals surface area contributed by atoms with Crippen molar-refractivity contribution in [1.29, 1.82) is 0 Å². The van der Waals surface area contributed by atoms with Gasteiger partial charge in [-0.2, -0.15) is 0 Å². The van der Waals surface area contributed by atoms with Gasteiger partial charge in [0.15, 0.2) is 0 Å². The summed E-state index contributed by atoms with van der Waals surface area (Å²) in [6.07, 6.45) is 2.21. The predicted octanol–water partition coefficient (Wildman–Crippen LogP) is 4.61. The van der Waals surface area contributed by atoms with Crippen LogP contribution in [0.15, 0.2) is 42.5 Å². The molecule has 0 aromatic heterocycles. The van der Waals surface area contributed by atoms with Crippen molar-refractivity contribution in [2.24, 2.45) is 0 Å². The normalized spacial score (nSPS) is 13.9. The minimum absolute atomic E-state index is 0.164. The van der Waals surface area contributed by atoms with Crippen molar-refractivity contribution in [2.45, 2.75) is 25.5 Å². The summed E-state index contributed by atoms with van der Waals surface area (Å²) in [5.74, 6) is 0.539. The van der Waals surface area contributed by atoms with Gasteiger partial charge in [-0.05, 0) is 37.5 Å². The minimum Gasteiger partial charge on any atom is -0.370 e. The first-order valence-corrected chi connectivity index (χ1v) is 9.75. The van der Waals surface area contributed by atoms with Crippen LogP contribution in [0, 0.1) is 12.7 Å². The fraction of sp³-hybridized carbons (Fsp3) is 0.350. The van der Waals surface area contributed by atoms with Gasteiger partial charge in [0.1, 0.15) is 11.5 Å². The van der Waals surface area contributed by atoms with Crippen LogP contribution in [0.5, 0.6) is 0 Å². The highest BCUT2D eigenvalue weighted by Crippen LogP contribution is 2.31. The number of anilines is 2. The lowest BCUT2D eigenvalue weighted by molar-refractivity contribution is -0.113. The predicted molar refractivity (Wildman–Crippen MR) is 104 cm³/mol. The molecule has 0 aliphatic carbocycles. The van der Waals surface area contributed by atoms with Crippen LogP contribution in [0.3, 0.4) is 0 Å². The Hall–Kier alpha value is -2.01. The molecule has 1 fully saturated rings. The van der Waals surface area contributed by atoms with E-state index in [1.54, 1.807) is 6.07 Å². The summed E-state index contributed by atoms with van der Waals surface area (Å²) < 4.78 is 14.2. The first-order chi connectivity index (χ1) is 12.1. The van der Waals surface area contributed by atoms with Crippen molar-refractivity contribution in [1.82, 2.24) is 0 Å². The Bertz CT molecular complexity index is 744. The van der Waals surface area contributed by atoms with E-state index >= 15 is 0 Å². The summed E-state index contributed by atoms with van der Waals surface area (Å²) in [6, 6.07) is 13.2. The van der Waals surface area contributed by atoms with Crippen LogP contribution in [0.2, 0.25) is 0 Å². The van der Waals surface area contributed by atoms with E-state index in [-0.39, 0.29) is 11.7 Å². The van der Waals surface area contributed by atoms with E-state index in [9.17, 15) is 9.18 Å². The molecule has 3 rings (SSSR count). The van der Waals surface area contributed by atoms with E-state index in [4.69, 9.17) is 0 Å². The Morgan fingerprint density at radius 3 is 2.72 bits per heavy atom. The van der Waals surface area contributed by atoms with Crippen molar-refractivity contribution < 1.29 is 9.18 Å². The van der Waals surface area contributed by atoms with Crippen LogP contribution in [-0.4, -0.2) is 24.7 Å². The van der Waals surface area contributed by atoms with Crippen LogP contribution in [0.4, 0.5) is 15.8 Å². The molecule has 132 valence electrons. The Balaban J connectivity index is 1.59. The van der Waals surface area contributed by atoms with E-state index in [0.29, 0.717) is 11.4 Å². The van der Waals surface area contributed by atoms with Crippen LogP contribution in [0.25, 0.3) is 0 Å². The zero-order valence-electron chi connectivity index (χ0n) is 14.4. The maximum absolute atomic E-state index is 14.2. The summed E-state index contributed by atoms with van der Waals surface area (Å²) >= 11 is 1.54.